The SMILES string of the molecule is CN1CCOC(CNS(=O)(=O)Cc2ccc(CO)cc2)C1. The third kappa shape index (κ3) is 5.37. The minimum atomic E-state index is -3.38. The molecule has 1 unspecified atom stereocenters. The van der Waals surface area contributed by atoms with Gasteiger partial charge in [-0.3, -0.25) is 0 Å². The maximum atomic E-state index is 12.0. The van der Waals surface area contributed by atoms with E-state index >= 15 is 0 Å². The lowest BCUT2D eigenvalue weighted by Crippen LogP contribution is -2.46. The van der Waals surface area contributed by atoms with E-state index in [0.29, 0.717) is 18.7 Å². The molecule has 0 spiro atoms. The number of benzene rings is 1. The van der Waals surface area contributed by atoms with Crippen molar-refractivity contribution in [3.8, 4) is 0 Å². The van der Waals surface area contributed by atoms with Gasteiger partial charge in [0.25, 0.3) is 0 Å². The summed E-state index contributed by atoms with van der Waals surface area (Å²) in [7, 11) is -1.39. The number of likely N-dealkylation sites (N-methyl/N-ethyl adjacent to an activating group) is 1. The van der Waals surface area contributed by atoms with Crippen molar-refractivity contribution in [2.45, 2.75) is 18.5 Å². The van der Waals surface area contributed by atoms with E-state index in [2.05, 4.69) is 9.62 Å². The highest BCUT2D eigenvalue weighted by Crippen LogP contribution is 2.08. The molecule has 0 aliphatic carbocycles. The molecule has 118 valence electrons. The summed E-state index contributed by atoms with van der Waals surface area (Å²) in [4.78, 5) is 2.12. The minimum Gasteiger partial charge on any atom is -0.392 e. The van der Waals surface area contributed by atoms with Crippen LogP contribution < -0.4 is 4.72 Å². The number of sulfonamides is 1. The molecule has 1 fully saturated rings. The lowest BCUT2D eigenvalue weighted by molar-refractivity contribution is -0.0156. The van der Waals surface area contributed by atoms with Crippen molar-refractivity contribution in [2.24, 2.45) is 0 Å². The largest absolute Gasteiger partial charge is 0.392 e. The molecule has 1 aromatic rings. The van der Waals surface area contributed by atoms with Crippen LogP contribution >= 0.6 is 0 Å². The Bertz CT molecular complexity index is 545. The van der Waals surface area contributed by atoms with Gasteiger partial charge in [-0.2, -0.15) is 0 Å². The monoisotopic (exact) mass is 314 g/mol. The number of morpholine rings is 1. The quantitative estimate of drug-likeness (QED) is 0.768. The number of nitrogens with one attached hydrogen (secondary N) is 1. The standard InChI is InChI=1S/C14H22N2O4S/c1-16-6-7-20-14(9-16)8-15-21(18,19)11-13-4-2-12(10-17)3-5-13/h2-5,14-15,17H,6-11H2,1H3. The zero-order valence-electron chi connectivity index (χ0n) is 12.2. The summed E-state index contributed by atoms with van der Waals surface area (Å²) >= 11 is 0. The van der Waals surface area contributed by atoms with E-state index in [0.717, 1.165) is 18.7 Å². The molecule has 21 heavy (non-hydrogen) atoms. The van der Waals surface area contributed by atoms with Crippen molar-refractivity contribution < 1.29 is 18.3 Å². The van der Waals surface area contributed by atoms with Crippen molar-refractivity contribution in [3.05, 3.63) is 35.4 Å². The third-order valence-corrected chi connectivity index (χ3v) is 4.75. The first-order valence-corrected chi connectivity index (χ1v) is 8.60. The molecule has 1 atom stereocenters. The summed E-state index contributed by atoms with van der Waals surface area (Å²) in [5, 5.41) is 8.96. The van der Waals surface area contributed by atoms with Crippen LogP contribution in [0.4, 0.5) is 0 Å². The van der Waals surface area contributed by atoms with Crippen LogP contribution in [0, 0.1) is 0 Å². The number of hydrogen-bond donors (Lipinski definition) is 2. The maximum Gasteiger partial charge on any atom is 0.215 e. The average Bonchev–Trinajstić information content (AvgIpc) is 2.46. The Hall–Kier alpha value is -0.990. The van der Waals surface area contributed by atoms with Crippen LogP contribution in [-0.4, -0.2) is 57.8 Å². The van der Waals surface area contributed by atoms with E-state index in [1.54, 1.807) is 24.3 Å². The Morgan fingerprint density at radius 3 is 2.62 bits per heavy atom. The second kappa shape index (κ2) is 7.33. The first kappa shape index (κ1) is 16.4. The molecule has 7 heteroatoms. The number of aliphatic hydroxyl groups is 1. The molecular formula is C14H22N2O4S. The molecule has 1 heterocycles. The van der Waals surface area contributed by atoms with Crippen molar-refractivity contribution >= 4 is 10.0 Å². The highest BCUT2D eigenvalue weighted by molar-refractivity contribution is 7.88. The van der Waals surface area contributed by atoms with Gasteiger partial charge in [0.2, 0.25) is 10.0 Å². The van der Waals surface area contributed by atoms with Gasteiger partial charge < -0.3 is 14.7 Å². The summed E-state index contributed by atoms with van der Waals surface area (Å²) in [6.07, 6.45) is -0.102. The fourth-order valence-corrected chi connectivity index (χ4v) is 3.39. The summed E-state index contributed by atoms with van der Waals surface area (Å²) < 4.78 is 32.2. The minimum absolute atomic E-state index is 0.0438. The zero-order chi connectivity index (χ0) is 15.3. The Morgan fingerprint density at radius 1 is 1.33 bits per heavy atom. The average molecular weight is 314 g/mol. The first-order valence-electron chi connectivity index (χ1n) is 6.94. The van der Waals surface area contributed by atoms with Gasteiger partial charge in [0.15, 0.2) is 0 Å². The van der Waals surface area contributed by atoms with E-state index in [4.69, 9.17) is 9.84 Å². The highest BCUT2D eigenvalue weighted by atomic mass is 32.2. The third-order valence-electron chi connectivity index (χ3n) is 3.44. The molecule has 2 N–H and O–H groups in total. The van der Waals surface area contributed by atoms with Crippen LogP contribution in [0.5, 0.6) is 0 Å². The van der Waals surface area contributed by atoms with Crippen LogP contribution in [0.1, 0.15) is 11.1 Å². The van der Waals surface area contributed by atoms with Gasteiger partial charge in [-0.1, -0.05) is 24.3 Å². The first-order chi connectivity index (χ1) is 9.98. The summed E-state index contributed by atoms with van der Waals surface area (Å²) in [6, 6.07) is 6.89. The molecule has 2 rings (SSSR count). The molecule has 1 aromatic carbocycles. The molecule has 1 saturated heterocycles. The Morgan fingerprint density at radius 2 is 2.00 bits per heavy atom. The second-order valence-corrected chi connectivity index (χ2v) is 7.14. The number of hydrogen-bond acceptors (Lipinski definition) is 5. The lowest BCUT2D eigenvalue weighted by atomic mass is 10.2. The fraction of sp³-hybridized carbons (Fsp3) is 0.571. The number of rotatable bonds is 6. The summed E-state index contributed by atoms with van der Waals surface area (Å²) in [5.74, 6) is -0.0682. The molecule has 0 bridgehead atoms. The van der Waals surface area contributed by atoms with E-state index < -0.39 is 10.0 Å². The predicted molar refractivity (Wildman–Crippen MR) is 80.2 cm³/mol. The second-order valence-electron chi connectivity index (χ2n) is 5.34. The van der Waals surface area contributed by atoms with Gasteiger partial charge in [0.1, 0.15) is 0 Å². The molecule has 0 amide bonds. The number of ether oxygens (including phenoxy) is 1. The van der Waals surface area contributed by atoms with Gasteiger partial charge in [-0.25, -0.2) is 13.1 Å². The van der Waals surface area contributed by atoms with Gasteiger partial charge in [-0.05, 0) is 18.2 Å². The Balaban J connectivity index is 1.86. The van der Waals surface area contributed by atoms with E-state index in [1.807, 2.05) is 7.05 Å². The van der Waals surface area contributed by atoms with Crippen molar-refractivity contribution in [1.29, 1.82) is 0 Å². The van der Waals surface area contributed by atoms with Crippen LogP contribution in [0.25, 0.3) is 0 Å². The number of aliphatic hydroxyl groups excluding tert-OH is 1. The van der Waals surface area contributed by atoms with Crippen LogP contribution in [-0.2, 0) is 27.1 Å². The molecule has 0 saturated carbocycles. The van der Waals surface area contributed by atoms with E-state index in [-0.39, 0.29) is 18.5 Å². The zero-order valence-corrected chi connectivity index (χ0v) is 13.0. The van der Waals surface area contributed by atoms with Gasteiger partial charge >= 0.3 is 0 Å². The lowest BCUT2D eigenvalue weighted by Gasteiger charge is -2.30. The molecule has 6 nitrogen and oxygen atoms in total. The summed E-state index contributed by atoms with van der Waals surface area (Å²) in [6.45, 7) is 2.49. The fourth-order valence-electron chi connectivity index (χ4n) is 2.22. The van der Waals surface area contributed by atoms with Crippen LogP contribution in [0.15, 0.2) is 24.3 Å². The van der Waals surface area contributed by atoms with Crippen LogP contribution in [0.3, 0.4) is 0 Å². The van der Waals surface area contributed by atoms with Crippen molar-refractivity contribution in [1.82, 2.24) is 9.62 Å². The van der Waals surface area contributed by atoms with E-state index in [9.17, 15) is 8.42 Å². The van der Waals surface area contributed by atoms with Crippen LogP contribution in [0.2, 0.25) is 0 Å². The Labute approximate surface area is 125 Å². The molecular weight excluding hydrogens is 292 g/mol. The molecule has 1 aliphatic rings. The van der Waals surface area contributed by atoms with Gasteiger partial charge in [0.05, 0.1) is 25.1 Å². The molecule has 0 aromatic heterocycles. The van der Waals surface area contributed by atoms with Gasteiger partial charge in [0, 0.05) is 19.6 Å². The highest BCUT2D eigenvalue weighted by Gasteiger charge is 2.20. The smallest absolute Gasteiger partial charge is 0.215 e. The predicted octanol–water partition coefficient (Wildman–Crippen LogP) is -0.0711. The van der Waals surface area contributed by atoms with Gasteiger partial charge in [-0.15, -0.1) is 0 Å². The maximum absolute atomic E-state index is 12.0. The molecule has 0 radical (unpaired) electrons. The van der Waals surface area contributed by atoms with Crippen molar-refractivity contribution in [3.63, 3.8) is 0 Å². The molecule has 1 aliphatic heterocycles. The number of nitrogens with zero attached hydrogens (tertiary/aromatic N) is 1. The topological polar surface area (TPSA) is 78.9 Å². The Kier molecular flexibility index (Phi) is 5.72. The summed E-state index contributed by atoms with van der Waals surface area (Å²) in [5.41, 5.74) is 1.46. The van der Waals surface area contributed by atoms with Crippen molar-refractivity contribution in [2.75, 3.05) is 33.3 Å². The normalized spacial score (nSPS) is 20.6. The van der Waals surface area contributed by atoms with E-state index in [1.165, 1.54) is 0 Å².